The van der Waals surface area contributed by atoms with Gasteiger partial charge >= 0.3 is 12.1 Å². The smallest absolute Gasteiger partial charge is 0.411 e. The zero-order chi connectivity index (χ0) is 15.1. The molecule has 0 radical (unpaired) electrons. The average molecular weight is 281 g/mol. The Morgan fingerprint density at radius 2 is 2.15 bits per heavy atom. The SMILES string of the molecule is CCn1ncc2c1CN(C(=O)OC(C)(C)C)C2C(=O)O. The molecule has 2 rings (SSSR count). The van der Waals surface area contributed by atoms with Crippen molar-refractivity contribution < 1.29 is 19.4 Å². The van der Waals surface area contributed by atoms with Crippen molar-refractivity contribution >= 4 is 12.1 Å². The number of carboxylic acids is 1. The Balaban J connectivity index is 2.30. The van der Waals surface area contributed by atoms with Crippen LogP contribution in [0.25, 0.3) is 0 Å². The van der Waals surface area contributed by atoms with Gasteiger partial charge in [-0.05, 0) is 27.7 Å². The van der Waals surface area contributed by atoms with E-state index in [1.165, 1.54) is 11.1 Å². The van der Waals surface area contributed by atoms with Crippen LogP contribution < -0.4 is 0 Å². The number of ether oxygens (including phenoxy) is 1. The fraction of sp³-hybridized carbons (Fsp3) is 0.615. The van der Waals surface area contributed by atoms with E-state index >= 15 is 0 Å². The van der Waals surface area contributed by atoms with Crippen LogP contribution in [0.5, 0.6) is 0 Å². The Morgan fingerprint density at radius 3 is 2.65 bits per heavy atom. The second kappa shape index (κ2) is 4.81. The number of carboxylic acid groups (broad SMARTS) is 1. The summed E-state index contributed by atoms with van der Waals surface area (Å²) in [6.45, 7) is 7.99. The molecule has 1 amide bonds. The first-order valence-corrected chi connectivity index (χ1v) is 6.51. The third kappa shape index (κ3) is 2.48. The van der Waals surface area contributed by atoms with Crippen molar-refractivity contribution in [1.29, 1.82) is 0 Å². The molecule has 0 fully saturated rings. The van der Waals surface area contributed by atoms with Gasteiger partial charge in [0, 0.05) is 12.1 Å². The van der Waals surface area contributed by atoms with Gasteiger partial charge in [0.05, 0.1) is 18.4 Å². The van der Waals surface area contributed by atoms with Gasteiger partial charge in [-0.2, -0.15) is 5.10 Å². The number of aliphatic carboxylic acids is 1. The van der Waals surface area contributed by atoms with Crippen LogP contribution in [0.15, 0.2) is 6.20 Å². The highest BCUT2D eigenvalue weighted by molar-refractivity contribution is 5.83. The lowest BCUT2D eigenvalue weighted by atomic mass is 10.1. The van der Waals surface area contributed by atoms with Crippen LogP contribution in [0.2, 0.25) is 0 Å². The zero-order valence-electron chi connectivity index (χ0n) is 12.1. The highest BCUT2D eigenvalue weighted by atomic mass is 16.6. The molecule has 0 aliphatic carbocycles. The molecule has 110 valence electrons. The van der Waals surface area contributed by atoms with E-state index in [1.54, 1.807) is 25.5 Å². The van der Waals surface area contributed by atoms with Crippen molar-refractivity contribution in [3.63, 3.8) is 0 Å². The van der Waals surface area contributed by atoms with Gasteiger partial charge in [-0.15, -0.1) is 0 Å². The van der Waals surface area contributed by atoms with E-state index in [9.17, 15) is 14.7 Å². The molecule has 2 heterocycles. The van der Waals surface area contributed by atoms with Crippen molar-refractivity contribution in [2.45, 2.75) is 52.4 Å². The van der Waals surface area contributed by atoms with Crippen LogP contribution in [0, 0.1) is 0 Å². The number of nitrogens with zero attached hydrogens (tertiary/aromatic N) is 3. The standard InChI is InChI=1S/C13H19N3O4/c1-5-16-9-7-15(12(19)20-13(2,3)4)10(11(17)18)8(9)6-14-16/h6,10H,5,7H2,1-4H3,(H,17,18). The summed E-state index contributed by atoms with van der Waals surface area (Å²) < 4.78 is 6.97. The molecule has 1 unspecified atom stereocenters. The van der Waals surface area contributed by atoms with Crippen LogP contribution in [-0.2, 0) is 22.6 Å². The van der Waals surface area contributed by atoms with Gasteiger partial charge in [0.15, 0.2) is 6.04 Å². The number of aryl methyl sites for hydroxylation is 1. The van der Waals surface area contributed by atoms with Gasteiger partial charge in [0.1, 0.15) is 5.60 Å². The summed E-state index contributed by atoms with van der Waals surface area (Å²) in [6, 6.07) is -1.03. The minimum atomic E-state index is -1.08. The van der Waals surface area contributed by atoms with Gasteiger partial charge in [-0.1, -0.05) is 0 Å². The molecule has 7 heteroatoms. The molecule has 0 bridgehead atoms. The molecular weight excluding hydrogens is 262 g/mol. The van der Waals surface area contributed by atoms with Crippen LogP contribution in [0.4, 0.5) is 4.79 Å². The first-order chi connectivity index (χ1) is 9.24. The normalized spacial score (nSPS) is 18.0. The molecule has 1 atom stereocenters. The molecule has 20 heavy (non-hydrogen) atoms. The van der Waals surface area contributed by atoms with Crippen LogP contribution in [0.3, 0.4) is 0 Å². The maximum atomic E-state index is 12.2. The van der Waals surface area contributed by atoms with E-state index in [0.717, 1.165) is 5.69 Å². The topological polar surface area (TPSA) is 84.7 Å². The van der Waals surface area contributed by atoms with Gasteiger partial charge in [-0.25, -0.2) is 9.59 Å². The van der Waals surface area contributed by atoms with Crippen molar-refractivity contribution in [2.24, 2.45) is 0 Å². The second-order valence-electron chi connectivity index (χ2n) is 5.71. The van der Waals surface area contributed by atoms with Gasteiger partial charge in [-0.3, -0.25) is 9.58 Å². The molecule has 1 aromatic heterocycles. The number of hydrogen-bond donors (Lipinski definition) is 1. The first-order valence-electron chi connectivity index (χ1n) is 6.51. The molecule has 7 nitrogen and oxygen atoms in total. The van der Waals surface area contributed by atoms with E-state index in [-0.39, 0.29) is 6.54 Å². The Bertz CT molecular complexity index is 544. The van der Waals surface area contributed by atoms with Crippen molar-refractivity contribution in [1.82, 2.24) is 14.7 Å². The third-order valence-electron chi connectivity index (χ3n) is 3.07. The van der Waals surface area contributed by atoms with E-state index in [1.807, 2.05) is 6.92 Å². The molecular formula is C13H19N3O4. The fourth-order valence-electron chi connectivity index (χ4n) is 2.28. The number of fused-ring (bicyclic) bond motifs is 1. The number of carbonyl (C=O) groups is 2. The van der Waals surface area contributed by atoms with Crippen molar-refractivity contribution in [2.75, 3.05) is 0 Å². The molecule has 0 saturated heterocycles. The number of carbonyl (C=O) groups excluding carboxylic acids is 1. The van der Waals surface area contributed by atoms with Gasteiger partial charge in [0.2, 0.25) is 0 Å². The Hall–Kier alpha value is -2.05. The van der Waals surface area contributed by atoms with Crippen molar-refractivity contribution in [3.05, 3.63) is 17.5 Å². The molecule has 1 N–H and O–H groups in total. The van der Waals surface area contributed by atoms with Crippen LogP contribution in [0.1, 0.15) is 45.0 Å². The minimum Gasteiger partial charge on any atom is -0.479 e. The lowest BCUT2D eigenvalue weighted by molar-refractivity contribution is -0.143. The van der Waals surface area contributed by atoms with E-state index < -0.39 is 23.7 Å². The highest BCUT2D eigenvalue weighted by Crippen LogP contribution is 2.34. The number of amides is 1. The molecule has 0 saturated carbocycles. The Kier molecular flexibility index (Phi) is 3.45. The summed E-state index contributed by atoms with van der Waals surface area (Å²) in [5.41, 5.74) is 0.655. The van der Waals surface area contributed by atoms with Gasteiger partial charge < -0.3 is 9.84 Å². The monoisotopic (exact) mass is 281 g/mol. The molecule has 1 aromatic rings. The molecule has 1 aliphatic heterocycles. The highest BCUT2D eigenvalue weighted by Gasteiger charge is 2.42. The predicted octanol–water partition coefficient (Wildman–Crippen LogP) is 1.78. The number of hydrogen-bond acceptors (Lipinski definition) is 4. The Labute approximate surface area is 117 Å². The van der Waals surface area contributed by atoms with Crippen LogP contribution >= 0.6 is 0 Å². The number of rotatable bonds is 2. The third-order valence-corrected chi connectivity index (χ3v) is 3.07. The van der Waals surface area contributed by atoms with Crippen LogP contribution in [-0.4, -0.2) is 37.5 Å². The summed E-state index contributed by atoms with van der Waals surface area (Å²) in [7, 11) is 0. The second-order valence-corrected chi connectivity index (χ2v) is 5.71. The summed E-state index contributed by atoms with van der Waals surface area (Å²) in [4.78, 5) is 24.8. The van der Waals surface area contributed by atoms with E-state index in [4.69, 9.17) is 4.74 Å². The fourth-order valence-corrected chi connectivity index (χ4v) is 2.28. The Morgan fingerprint density at radius 1 is 1.50 bits per heavy atom. The largest absolute Gasteiger partial charge is 0.479 e. The van der Waals surface area contributed by atoms with E-state index in [0.29, 0.717) is 12.1 Å². The lowest BCUT2D eigenvalue weighted by Gasteiger charge is -2.27. The maximum absolute atomic E-state index is 12.2. The summed E-state index contributed by atoms with van der Waals surface area (Å²) in [6.07, 6.45) is 0.894. The van der Waals surface area contributed by atoms with Gasteiger partial charge in [0.25, 0.3) is 0 Å². The summed E-state index contributed by atoms with van der Waals surface area (Å²) >= 11 is 0. The zero-order valence-corrected chi connectivity index (χ0v) is 12.1. The minimum absolute atomic E-state index is 0.203. The first kappa shape index (κ1) is 14.4. The van der Waals surface area contributed by atoms with Crippen molar-refractivity contribution in [3.8, 4) is 0 Å². The average Bonchev–Trinajstić information content (AvgIpc) is 2.82. The maximum Gasteiger partial charge on any atom is 0.411 e. The predicted molar refractivity (Wildman–Crippen MR) is 70.1 cm³/mol. The molecule has 0 spiro atoms. The summed E-state index contributed by atoms with van der Waals surface area (Å²) in [5.74, 6) is -1.08. The summed E-state index contributed by atoms with van der Waals surface area (Å²) in [5, 5.41) is 13.5. The lowest BCUT2D eigenvalue weighted by Crippen LogP contribution is -2.38. The molecule has 0 aromatic carbocycles. The molecule has 1 aliphatic rings. The van der Waals surface area contributed by atoms with E-state index in [2.05, 4.69) is 5.10 Å². The number of aromatic nitrogens is 2. The quantitative estimate of drug-likeness (QED) is 0.893.